The third kappa shape index (κ3) is 5.01. The van der Waals surface area contributed by atoms with Crippen LogP contribution in [0.25, 0.3) is 0 Å². The summed E-state index contributed by atoms with van der Waals surface area (Å²) >= 11 is 5.93. The Morgan fingerprint density at radius 1 is 1.17 bits per heavy atom. The summed E-state index contributed by atoms with van der Waals surface area (Å²) in [4.78, 5) is 43.6. The maximum Gasteiger partial charge on any atom is 0.246 e. The molecule has 1 aromatic carbocycles. The lowest BCUT2D eigenvalue weighted by molar-refractivity contribution is -0.141. The first-order valence-electron chi connectivity index (χ1n) is 15.1. The van der Waals surface area contributed by atoms with Gasteiger partial charge in [-0.05, 0) is 68.6 Å². The van der Waals surface area contributed by atoms with E-state index in [-0.39, 0.29) is 22.9 Å². The number of benzene rings is 1. The van der Waals surface area contributed by atoms with E-state index in [1.807, 2.05) is 12.2 Å². The molecule has 6 rings (SSSR count). The molecule has 5 aliphatic rings. The molecule has 2 saturated heterocycles. The molecule has 41 heavy (non-hydrogen) atoms. The molecular weight excluding hydrogens is 545 g/mol. The Hall–Kier alpha value is -2.71. The topological polar surface area (TPSA) is 87.7 Å². The van der Waals surface area contributed by atoms with Crippen LogP contribution >= 0.6 is 11.6 Å². The van der Waals surface area contributed by atoms with E-state index < -0.39 is 41.3 Å². The number of anilines is 1. The van der Waals surface area contributed by atoms with Crippen molar-refractivity contribution < 1.29 is 23.5 Å². The molecule has 3 amide bonds. The highest BCUT2D eigenvalue weighted by molar-refractivity contribution is 6.31. The molecule has 3 fully saturated rings. The molecule has 3 aliphatic heterocycles. The van der Waals surface area contributed by atoms with Crippen molar-refractivity contribution in [1.29, 1.82) is 0 Å². The molecule has 0 aromatic heterocycles. The number of hydrogen-bond acceptors (Lipinski definition) is 4. The van der Waals surface area contributed by atoms with Crippen molar-refractivity contribution in [2.75, 3.05) is 11.9 Å². The number of nitrogens with one attached hydrogen (secondary N) is 2. The molecule has 1 spiro atoms. The SMILES string of the molecule is CC1CCCC(NC(=O)C2N(CCC3=CCCCC3)C(=O)[C@@H]3C(C(=O)Nc4ccc(F)c(Cl)c4)[C@@H]4C=CC23O4)C1C. The molecule has 3 heterocycles. The number of nitrogens with zero attached hydrogens (tertiary/aromatic N) is 1. The molecule has 6 unspecified atom stereocenters. The van der Waals surface area contributed by atoms with Crippen LogP contribution < -0.4 is 10.6 Å². The summed E-state index contributed by atoms with van der Waals surface area (Å²) in [6, 6.07) is 3.14. The van der Waals surface area contributed by atoms with Gasteiger partial charge in [0, 0.05) is 18.3 Å². The number of fused-ring (bicyclic) bond motifs is 1. The van der Waals surface area contributed by atoms with Crippen LogP contribution in [0.2, 0.25) is 5.02 Å². The fraction of sp³-hybridized carbons (Fsp3) is 0.594. The van der Waals surface area contributed by atoms with Gasteiger partial charge in [0.1, 0.15) is 17.5 Å². The molecule has 0 radical (unpaired) electrons. The number of hydrogen-bond donors (Lipinski definition) is 2. The predicted molar refractivity (Wildman–Crippen MR) is 155 cm³/mol. The van der Waals surface area contributed by atoms with E-state index in [1.165, 1.54) is 30.2 Å². The van der Waals surface area contributed by atoms with Crippen LogP contribution in [0.15, 0.2) is 42.0 Å². The fourth-order valence-electron chi connectivity index (χ4n) is 7.75. The van der Waals surface area contributed by atoms with Crippen LogP contribution in [0.4, 0.5) is 10.1 Å². The van der Waals surface area contributed by atoms with E-state index in [4.69, 9.17) is 16.3 Å². The van der Waals surface area contributed by atoms with Gasteiger partial charge in [-0.25, -0.2) is 4.39 Å². The van der Waals surface area contributed by atoms with E-state index in [0.29, 0.717) is 30.5 Å². The minimum Gasteiger partial charge on any atom is -0.359 e. The zero-order chi connectivity index (χ0) is 28.9. The van der Waals surface area contributed by atoms with Gasteiger partial charge >= 0.3 is 0 Å². The zero-order valence-corrected chi connectivity index (χ0v) is 24.5. The van der Waals surface area contributed by atoms with Crippen molar-refractivity contribution in [1.82, 2.24) is 10.2 Å². The maximum absolute atomic E-state index is 14.2. The third-order valence-electron chi connectivity index (χ3n) is 10.2. The molecule has 220 valence electrons. The number of allylic oxidation sites excluding steroid dienone is 1. The second-order valence-corrected chi connectivity index (χ2v) is 13.0. The van der Waals surface area contributed by atoms with Gasteiger partial charge in [0.2, 0.25) is 17.7 Å². The quantitative estimate of drug-likeness (QED) is 0.421. The average Bonchev–Trinajstić information content (AvgIpc) is 3.60. The lowest BCUT2D eigenvalue weighted by Gasteiger charge is -2.38. The molecular formula is C32H39ClFN3O4. The van der Waals surface area contributed by atoms with Crippen LogP contribution in [0.1, 0.15) is 65.2 Å². The van der Waals surface area contributed by atoms with Gasteiger partial charge in [-0.3, -0.25) is 14.4 Å². The second kappa shape index (κ2) is 11.2. The van der Waals surface area contributed by atoms with Crippen LogP contribution in [-0.2, 0) is 19.1 Å². The van der Waals surface area contributed by atoms with Gasteiger partial charge in [-0.2, -0.15) is 0 Å². The Labute approximate surface area is 245 Å². The lowest BCUT2D eigenvalue weighted by Crippen LogP contribution is -2.58. The first-order chi connectivity index (χ1) is 19.7. The van der Waals surface area contributed by atoms with Crippen molar-refractivity contribution in [2.24, 2.45) is 23.7 Å². The molecule has 8 atom stereocenters. The highest BCUT2D eigenvalue weighted by Gasteiger charge is 2.72. The summed E-state index contributed by atoms with van der Waals surface area (Å²) in [5, 5.41) is 6.00. The number of carbonyl (C=O) groups is 3. The summed E-state index contributed by atoms with van der Waals surface area (Å²) in [6.07, 6.45) is 13.5. The maximum atomic E-state index is 14.2. The van der Waals surface area contributed by atoms with Gasteiger partial charge in [0.25, 0.3) is 0 Å². The summed E-state index contributed by atoms with van der Waals surface area (Å²) in [7, 11) is 0. The third-order valence-corrected chi connectivity index (χ3v) is 10.5. The monoisotopic (exact) mass is 583 g/mol. The second-order valence-electron chi connectivity index (χ2n) is 12.6. The molecule has 9 heteroatoms. The van der Waals surface area contributed by atoms with Crippen LogP contribution in [0.5, 0.6) is 0 Å². The Morgan fingerprint density at radius 2 is 2.00 bits per heavy atom. The normalized spacial score (nSPS) is 35.8. The number of rotatable bonds is 7. The van der Waals surface area contributed by atoms with Crippen molar-refractivity contribution in [3.8, 4) is 0 Å². The Kier molecular flexibility index (Phi) is 7.74. The largest absolute Gasteiger partial charge is 0.359 e. The van der Waals surface area contributed by atoms with Crippen LogP contribution in [0.3, 0.4) is 0 Å². The zero-order valence-electron chi connectivity index (χ0n) is 23.7. The van der Waals surface area contributed by atoms with E-state index in [0.717, 1.165) is 38.5 Å². The van der Waals surface area contributed by atoms with Gasteiger partial charge in [-0.15, -0.1) is 0 Å². The standard InChI is InChI=1S/C32H39ClFN3O4/c1-18-7-6-10-24(19(18)2)36-30(39)28-32-15-13-25(41-32)26(29(38)35-21-11-12-23(34)22(33)17-21)27(32)31(40)37(28)16-14-20-8-4-3-5-9-20/h8,11-13,15,17-19,24-28H,3-7,9-10,14,16H2,1-2H3,(H,35,38)(H,36,39)/t18?,19?,24?,25-,26?,27-,28?,32?/m0/s1. The number of carbonyl (C=O) groups excluding carboxylic acids is 3. The number of amides is 3. The fourth-order valence-corrected chi connectivity index (χ4v) is 7.93. The van der Waals surface area contributed by atoms with Crippen LogP contribution in [-0.4, -0.2) is 53.0 Å². The average molecular weight is 584 g/mol. The van der Waals surface area contributed by atoms with E-state index >= 15 is 0 Å². The Morgan fingerprint density at radius 3 is 2.76 bits per heavy atom. The minimum absolute atomic E-state index is 0.0320. The van der Waals surface area contributed by atoms with Crippen molar-refractivity contribution in [3.63, 3.8) is 0 Å². The summed E-state index contributed by atoms with van der Waals surface area (Å²) in [5.74, 6) is -2.24. The number of halogens is 2. The number of likely N-dealkylation sites (tertiary alicyclic amines) is 1. The molecule has 2 N–H and O–H groups in total. The predicted octanol–water partition coefficient (Wildman–Crippen LogP) is 5.40. The summed E-state index contributed by atoms with van der Waals surface area (Å²) < 4.78 is 20.2. The molecule has 1 saturated carbocycles. The first-order valence-corrected chi connectivity index (χ1v) is 15.5. The Balaban J connectivity index is 1.28. The summed E-state index contributed by atoms with van der Waals surface area (Å²) in [6.45, 7) is 4.81. The molecule has 2 bridgehead atoms. The smallest absolute Gasteiger partial charge is 0.246 e. The van der Waals surface area contributed by atoms with E-state index in [9.17, 15) is 18.8 Å². The van der Waals surface area contributed by atoms with Gasteiger partial charge in [0.15, 0.2) is 0 Å². The molecule has 1 aromatic rings. The van der Waals surface area contributed by atoms with Crippen molar-refractivity contribution in [3.05, 3.63) is 52.8 Å². The van der Waals surface area contributed by atoms with E-state index in [1.54, 1.807) is 4.90 Å². The number of ether oxygens (including phenoxy) is 1. The highest BCUT2D eigenvalue weighted by Crippen LogP contribution is 2.55. The van der Waals surface area contributed by atoms with Crippen molar-refractivity contribution >= 4 is 35.0 Å². The molecule has 2 aliphatic carbocycles. The summed E-state index contributed by atoms with van der Waals surface area (Å²) in [5.41, 5.74) is 0.442. The lowest BCUT2D eigenvalue weighted by atomic mass is 9.73. The minimum atomic E-state index is -1.21. The first kappa shape index (κ1) is 28.4. The highest BCUT2D eigenvalue weighted by atomic mass is 35.5. The molecule has 7 nitrogen and oxygen atoms in total. The van der Waals surface area contributed by atoms with Crippen LogP contribution in [0, 0.1) is 29.5 Å². The Bertz CT molecular complexity index is 1300. The van der Waals surface area contributed by atoms with E-state index in [2.05, 4.69) is 30.6 Å². The van der Waals surface area contributed by atoms with Gasteiger partial charge in [0.05, 0.1) is 23.0 Å². The van der Waals surface area contributed by atoms with Gasteiger partial charge < -0.3 is 20.3 Å². The van der Waals surface area contributed by atoms with Gasteiger partial charge in [-0.1, -0.05) is 62.1 Å². The van der Waals surface area contributed by atoms with Crippen molar-refractivity contribution in [2.45, 2.75) is 89.0 Å².